The molecule has 0 atom stereocenters. The van der Waals surface area contributed by atoms with E-state index in [0.29, 0.717) is 0 Å². The summed E-state index contributed by atoms with van der Waals surface area (Å²) >= 11 is 3.42. The van der Waals surface area contributed by atoms with Crippen molar-refractivity contribution in [2.75, 3.05) is 5.75 Å². The molecule has 0 unspecified atom stereocenters. The third-order valence-electron chi connectivity index (χ3n) is 0.135. The molecule has 0 saturated carbocycles. The maximum absolute atomic E-state index is 9.29. The SMILES string of the molecule is O=C(O)CS.[Na+].[Na+].[S-2]. The van der Waals surface area contributed by atoms with Crippen LogP contribution in [0.4, 0.5) is 0 Å². The molecule has 0 aromatic heterocycles. The van der Waals surface area contributed by atoms with E-state index in [2.05, 4.69) is 12.6 Å². The average molecular weight is 170 g/mol. The first-order valence-corrected chi connectivity index (χ1v) is 1.73. The van der Waals surface area contributed by atoms with Crippen molar-refractivity contribution in [3.63, 3.8) is 0 Å². The number of hydrogen-bond acceptors (Lipinski definition) is 2. The molecule has 8 heavy (non-hydrogen) atoms. The van der Waals surface area contributed by atoms with Gasteiger partial charge in [-0.15, -0.1) is 0 Å². The van der Waals surface area contributed by atoms with Crippen LogP contribution >= 0.6 is 12.6 Å². The summed E-state index contributed by atoms with van der Waals surface area (Å²) in [5, 5.41) is 7.65. The van der Waals surface area contributed by atoms with Crippen LogP contribution in [0.3, 0.4) is 0 Å². The number of carboxylic acid groups (broad SMARTS) is 1. The largest absolute Gasteiger partial charge is 2.00 e. The van der Waals surface area contributed by atoms with Crippen LogP contribution in [0.15, 0.2) is 0 Å². The van der Waals surface area contributed by atoms with E-state index in [1.165, 1.54) is 0 Å². The van der Waals surface area contributed by atoms with Gasteiger partial charge in [0.25, 0.3) is 0 Å². The average Bonchev–Trinajstić information content (AvgIpc) is 1.38. The van der Waals surface area contributed by atoms with Crippen LogP contribution in [0, 0.1) is 0 Å². The number of hydrogen-bond donors (Lipinski definition) is 2. The molecule has 0 aromatic carbocycles. The van der Waals surface area contributed by atoms with Crippen molar-refractivity contribution in [1.82, 2.24) is 0 Å². The first-order valence-electron chi connectivity index (χ1n) is 1.10. The number of carboxylic acids is 1. The molecule has 6 heteroatoms. The predicted molar refractivity (Wildman–Crippen MR) is 28.9 cm³/mol. The van der Waals surface area contributed by atoms with Gasteiger partial charge in [-0.1, -0.05) is 0 Å². The first-order chi connectivity index (χ1) is 2.27. The summed E-state index contributed by atoms with van der Waals surface area (Å²) in [5.41, 5.74) is 0. The Morgan fingerprint density at radius 2 is 1.62 bits per heavy atom. The van der Waals surface area contributed by atoms with Crippen molar-refractivity contribution < 1.29 is 69.0 Å². The van der Waals surface area contributed by atoms with Crippen molar-refractivity contribution in [3.05, 3.63) is 0 Å². The molecule has 0 bridgehead atoms. The zero-order valence-electron chi connectivity index (χ0n) is 4.92. The van der Waals surface area contributed by atoms with Crippen LogP contribution in [0.1, 0.15) is 0 Å². The van der Waals surface area contributed by atoms with Gasteiger partial charge in [0.05, 0.1) is 5.75 Å². The fourth-order valence-corrected chi connectivity index (χ4v) is 0. The van der Waals surface area contributed by atoms with Crippen LogP contribution in [0.25, 0.3) is 0 Å². The van der Waals surface area contributed by atoms with Gasteiger partial charge in [0.15, 0.2) is 0 Å². The summed E-state index contributed by atoms with van der Waals surface area (Å²) < 4.78 is 0. The second-order valence-electron chi connectivity index (χ2n) is 0.552. The first kappa shape index (κ1) is 22.5. The molecule has 0 amide bonds. The summed E-state index contributed by atoms with van der Waals surface area (Å²) in [7, 11) is 0. The van der Waals surface area contributed by atoms with E-state index in [1.54, 1.807) is 0 Å². The molecule has 0 aliphatic carbocycles. The molecule has 0 aliphatic rings. The molecule has 0 fully saturated rings. The van der Waals surface area contributed by atoms with Gasteiger partial charge in [0, 0.05) is 0 Å². The van der Waals surface area contributed by atoms with E-state index in [9.17, 15) is 4.79 Å². The number of thiol groups is 1. The Balaban J connectivity index is -0.0000000267. The second-order valence-corrected chi connectivity index (χ2v) is 0.868. The van der Waals surface area contributed by atoms with E-state index < -0.39 is 5.97 Å². The molecule has 0 spiro atoms. The third kappa shape index (κ3) is 24.2. The molecule has 0 heterocycles. The van der Waals surface area contributed by atoms with E-state index in [-0.39, 0.29) is 78.4 Å². The van der Waals surface area contributed by atoms with E-state index in [4.69, 9.17) is 5.11 Å². The minimum atomic E-state index is -0.881. The molecule has 1 N–H and O–H groups in total. The van der Waals surface area contributed by atoms with E-state index in [1.807, 2.05) is 0 Å². The number of carbonyl (C=O) groups is 1. The zero-order valence-corrected chi connectivity index (χ0v) is 10.6. The Labute approximate surface area is 105 Å². The monoisotopic (exact) mass is 170 g/mol. The maximum Gasteiger partial charge on any atom is 1.00 e. The van der Waals surface area contributed by atoms with E-state index in [0.717, 1.165) is 0 Å². The Bertz CT molecular complexity index is 51.3. The smallest absolute Gasteiger partial charge is 1.00 e. The fraction of sp³-hybridized carbons (Fsp3) is 0.500. The zero-order chi connectivity index (χ0) is 4.28. The molecule has 2 nitrogen and oxygen atoms in total. The van der Waals surface area contributed by atoms with Gasteiger partial charge in [0.2, 0.25) is 0 Å². The van der Waals surface area contributed by atoms with Crippen LogP contribution in [-0.4, -0.2) is 16.8 Å². The summed E-state index contributed by atoms with van der Waals surface area (Å²) in [6.45, 7) is 0. The van der Waals surface area contributed by atoms with Crippen molar-refractivity contribution in [2.45, 2.75) is 0 Å². The molecular weight excluding hydrogens is 166 g/mol. The van der Waals surface area contributed by atoms with Gasteiger partial charge in [-0.2, -0.15) is 12.6 Å². The van der Waals surface area contributed by atoms with Gasteiger partial charge in [0.1, 0.15) is 0 Å². The van der Waals surface area contributed by atoms with Crippen LogP contribution in [0.2, 0.25) is 0 Å². The molecule has 0 aromatic rings. The predicted octanol–water partition coefficient (Wildman–Crippen LogP) is -5.99. The standard InChI is InChI=1S/C2H4O2S.2Na.S/c3-2(4)1-5;;;/h5H,1H2,(H,3,4);;;/q;2*+1;-2. The van der Waals surface area contributed by atoms with Gasteiger partial charge in [-0.05, 0) is 0 Å². The summed E-state index contributed by atoms with van der Waals surface area (Å²) in [4.78, 5) is 9.29. The molecular formula is C2H4Na2O2S2. The third-order valence-corrected chi connectivity index (χ3v) is 0.406. The van der Waals surface area contributed by atoms with Gasteiger partial charge >= 0.3 is 65.1 Å². The molecule has 0 aliphatic heterocycles. The van der Waals surface area contributed by atoms with Gasteiger partial charge in [-0.3, -0.25) is 4.79 Å². The molecule has 0 rings (SSSR count). The molecule has 0 radical (unpaired) electrons. The number of aliphatic carboxylic acids is 1. The summed E-state index contributed by atoms with van der Waals surface area (Å²) in [5.74, 6) is -0.965. The van der Waals surface area contributed by atoms with Crippen LogP contribution in [-0.2, 0) is 18.3 Å². The molecule has 38 valence electrons. The topological polar surface area (TPSA) is 37.3 Å². The van der Waals surface area contributed by atoms with Gasteiger partial charge < -0.3 is 18.6 Å². The van der Waals surface area contributed by atoms with Crippen molar-refractivity contribution >= 4 is 32.1 Å². The Morgan fingerprint density at radius 3 is 1.62 bits per heavy atom. The van der Waals surface area contributed by atoms with Crippen LogP contribution < -0.4 is 59.1 Å². The summed E-state index contributed by atoms with van der Waals surface area (Å²) in [6.07, 6.45) is 0. The minimum absolute atomic E-state index is 0. The maximum atomic E-state index is 9.29. The fourth-order valence-electron chi connectivity index (χ4n) is 0. The van der Waals surface area contributed by atoms with Crippen molar-refractivity contribution in [3.8, 4) is 0 Å². The Hall–Kier alpha value is 2.17. The van der Waals surface area contributed by atoms with E-state index >= 15 is 0 Å². The molecule has 0 saturated heterocycles. The van der Waals surface area contributed by atoms with Crippen molar-refractivity contribution in [1.29, 1.82) is 0 Å². The quantitative estimate of drug-likeness (QED) is 0.304. The van der Waals surface area contributed by atoms with Crippen LogP contribution in [0.5, 0.6) is 0 Å². The van der Waals surface area contributed by atoms with Crippen molar-refractivity contribution in [2.24, 2.45) is 0 Å². The normalized spacial score (nSPS) is 4.62. The second kappa shape index (κ2) is 16.1. The Morgan fingerprint density at radius 1 is 1.50 bits per heavy atom. The minimum Gasteiger partial charge on any atom is -2.00 e. The Kier molecular flexibility index (Phi) is 45.1. The van der Waals surface area contributed by atoms with Gasteiger partial charge in [-0.25, -0.2) is 0 Å². The summed E-state index contributed by atoms with van der Waals surface area (Å²) in [6, 6.07) is 0. The number of rotatable bonds is 1.